The molecule has 0 aliphatic heterocycles. The van der Waals surface area contributed by atoms with Crippen molar-refractivity contribution >= 4 is 23.0 Å². The van der Waals surface area contributed by atoms with Gasteiger partial charge in [-0.05, 0) is 6.07 Å². The van der Waals surface area contributed by atoms with Crippen molar-refractivity contribution in [3.05, 3.63) is 17.7 Å². The van der Waals surface area contributed by atoms with Gasteiger partial charge in [0.15, 0.2) is 23.0 Å². The molecule has 0 spiro atoms. The number of carbonyl (C=O) groups is 1. The fourth-order valence-corrected chi connectivity index (χ4v) is 2.84. The highest BCUT2D eigenvalue weighted by atomic mass is 16.5. The van der Waals surface area contributed by atoms with Crippen LogP contribution in [0.3, 0.4) is 0 Å². The number of hydrogen-bond acceptors (Lipinski definition) is 9. The number of anilines is 3. The second-order valence-electron chi connectivity index (χ2n) is 5.67. The van der Waals surface area contributed by atoms with E-state index in [2.05, 4.69) is 5.32 Å². The second-order valence-corrected chi connectivity index (χ2v) is 5.67. The first-order valence-corrected chi connectivity index (χ1v) is 8.36. The van der Waals surface area contributed by atoms with E-state index in [0.717, 1.165) is 0 Å². The van der Waals surface area contributed by atoms with Crippen molar-refractivity contribution in [2.45, 2.75) is 0 Å². The molecular formula is C19H25N3O7. The third-order valence-corrected chi connectivity index (χ3v) is 4.23. The maximum Gasteiger partial charge on any atom is 0.258 e. The van der Waals surface area contributed by atoms with E-state index in [1.165, 1.54) is 54.8 Å². The van der Waals surface area contributed by atoms with Crippen molar-refractivity contribution in [2.75, 3.05) is 59.4 Å². The Hall–Kier alpha value is -3.69. The van der Waals surface area contributed by atoms with Crippen molar-refractivity contribution in [2.24, 2.45) is 0 Å². The molecule has 5 N–H and O–H groups in total. The highest BCUT2D eigenvalue weighted by molar-refractivity contribution is 6.11. The molecule has 0 radical (unpaired) electrons. The zero-order chi connectivity index (χ0) is 21.7. The molecule has 0 atom stereocenters. The van der Waals surface area contributed by atoms with Gasteiger partial charge in [0.2, 0.25) is 11.5 Å². The minimum atomic E-state index is -0.553. The summed E-state index contributed by atoms with van der Waals surface area (Å²) in [6, 6.07) is 2.96. The summed E-state index contributed by atoms with van der Waals surface area (Å²) in [5.41, 5.74) is 12.8. The molecule has 0 heterocycles. The van der Waals surface area contributed by atoms with E-state index in [0.29, 0.717) is 11.5 Å². The summed E-state index contributed by atoms with van der Waals surface area (Å²) in [5.74, 6) is 1.03. The molecule has 0 saturated heterocycles. The second kappa shape index (κ2) is 9.00. The van der Waals surface area contributed by atoms with Crippen LogP contribution < -0.4 is 45.2 Å². The van der Waals surface area contributed by atoms with E-state index >= 15 is 0 Å². The first-order valence-electron chi connectivity index (χ1n) is 8.36. The molecule has 0 fully saturated rings. The first-order chi connectivity index (χ1) is 13.9. The molecule has 0 aromatic heterocycles. The predicted octanol–water partition coefficient (Wildman–Crippen LogP) is 2.15. The van der Waals surface area contributed by atoms with Gasteiger partial charge in [0.1, 0.15) is 5.69 Å². The fraction of sp³-hybridized carbons (Fsp3) is 0.316. The molecule has 1 amide bonds. The third kappa shape index (κ3) is 3.82. The van der Waals surface area contributed by atoms with Crippen LogP contribution in [0.15, 0.2) is 12.1 Å². The van der Waals surface area contributed by atoms with E-state index in [1.54, 1.807) is 0 Å². The molecule has 10 heteroatoms. The summed E-state index contributed by atoms with van der Waals surface area (Å²) in [6.45, 7) is 0. The van der Waals surface area contributed by atoms with Crippen LogP contribution in [-0.4, -0.2) is 48.6 Å². The van der Waals surface area contributed by atoms with E-state index in [1.807, 2.05) is 0 Å². The van der Waals surface area contributed by atoms with Gasteiger partial charge in [-0.15, -0.1) is 0 Å². The minimum absolute atomic E-state index is 0.0775. The van der Waals surface area contributed by atoms with Crippen molar-refractivity contribution in [3.8, 4) is 34.5 Å². The first kappa shape index (κ1) is 21.6. The Bertz CT molecular complexity index is 916. The van der Waals surface area contributed by atoms with Crippen LogP contribution >= 0.6 is 0 Å². The van der Waals surface area contributed by atoms with Gasteiger partial charge in [-0.1, -0.05) is 0 Å². The van der Waals surface area contributed by atoms with E-state index in [9.17, 15) is 4.79 Å². The van der Waals surface area contributed by atoms with Gasteiger partial charge in [0, 0.05) is 6.07 Å². The SMILES string of the molecule is COc1cc(NC(=O)c2cc(OC)c(OC)c(OC)c2N)c(N)c(OC)c1OC. The number of ether oxygens (including phenoxy) is 6. The van der Waals surface area contributed by atoms with Gasteiger partial charge in [-0.2, -0.15) is 0 Å². The molecule has 0 aliphatic carbocycles. The lowest BCUT2D eigenvalue weighted by Crippen LogP contribution is -2.17. The molecule has 2 rings (SSSR count). The Kier molecular flexibility index (Phi) is 6.71. The summed E-state index contributed by atoms with van der Waals surface area (Å²) in [6.07, 6.45) is 0. The van der Waals surface area contributed by atoms with Crippen LogP contribution in [-0.2, 0) is 0 Å². The summed E-state index contributed by atoms with van der Waals surface area (Å²) < 4.78 is 31.7. The fourth-order valence-electron chi connectivity index (χ4n) is 2.84. The number of nitrogen functional groups attached to an aromatic ring is 2. The number of amides is 1. The molecule has 2 aromatic rings. The number of nitrogens with one attached hydrogen (secondary N) is 1. The zero-order valence-electron chi connectivity index (χ0n) is 17.2. The highest BCUT2D eigenvalue weighted by Gasteiger charge is 2.25. The average molecular weight is 407 g/mol. The van der Waals surface area contributed by atoms with Crippen LogP contribution in [0.25, 0.3) is 0 Å². The lowest BCUT2D eigenvalue weighted by molar-refractivity contribution is 0.102. The van der Waals surface area contributed by atoms with Crippen molar-refractivity contribution in [1.29, 1.82) is 0 Å². The monoisotopic (exact) mass is 407 g/mol. The molecule has 0 aliphatic rings. The highest BCUT2D eigenvalue weighted by Crippen LogP contribution is 2.47. The van der Waals surface area contributed by atoms with Crippen LogP contribution in [0, 0.1) is 0 Å². The maximum atomic E-state index is 13.0. The van der Waals surface area contributed by atoms with Gasteiger partial charge in [-0.25, -0.2) is 0 Å². The minimum Gasteiger partial charge on any atom is -0.493 e. The topological polar surface area (TPSA) is 137 Å². The smallest absolute Gasteiger partial charge is 0.258 e. The molecular weight excluding hydrogens is 382 g/mol. The lowest BCUT2D eigenvalue weighted by Gasteiger charge is -2.19. The van der Waals surface area contributed by atoms with Crippen molar-refractivity contribution in [3.63, 3.8) is 0 Å². The Labute approximate surface area is 168 Å². The predicted molar refractivity (Wildman–Crippen MR) is 109 cm³/mol. The lowest BCUT2D eigenvalue weighted by atomic mass is 10.1. The van der Waals surface area contributed by atoms with Gasteiger partial charge >= 0.3 is 0 Å². The summed E-state index contributed by atoms with van der Waals surface area (Å²) in [4.78, 5) is 13.0. The van der Waals surface area contributed by atoms with E-state index in [4.69, 9.17) is 39.9 Å². The molecule has 158 valence electrons. The molecule has 0 unspecified atom stereocenters. The number of carbonyl (C=O) groups excluding carboxylic acids is 1. The van der Waals surface area contributed by atoms with Crippen molar-refractivity contribution < 1.29 is 33.2 Å². The number of methoxy groups -OCH3 is 6. The number of benzene rings is 2. The van der Waals surface area contributed by atoms with Crippen LogP contribution in [0.4, 0.5) is 17.1 Å². The Morgan fingerprint density at radius 2 is 1.14 bits per heavy atom. The van der Waals surface area contributed by atoms with Crippen molar-refractivity contribution in [1.82, 2.24) is 0 Å². The largest absolute Gasteiger partial charge is 0.493 e. The summed E-state index contributed by atoms with van der Waals surface area (Å²) in [7, 11) is 8.62. The Morgan fingerprint density at radius 3 is 1.59 bits per heavy atom. The molecule has 0 saturated carbocycles. The zero-order valence-corrected chi connectivity index (χ0v) is 17.2. The van der Waals surface area contributed by atoms with E-state index < -0.39 is 5.91 Å². The standard InChI is InChI=1S/C19H25N3O7/c1-24-11-7-9(13(20)17(28-5)15(11)26-3)19(23)22-10-8-12(25-2)16(27-4)18(29-6)14(10)21/h7-8H,20-21H2,1-6H3,(H,22,23). The van der Waals surface area contributed by atoms with Gasteiger partial charge in [0.25, 0.3) is 5.91 Å². The van der Waals surface area contributed by atoms with Crippen LogP contribution in [0.1, 0.15) is 10.4 Å². The van der Waals surface area contributed by atoms with Gasteiger partial charge in [0.05, 0.1) is 59.6 Å². The Morgan fingerprint density at radius 1 is 0.690 bits per heavy atom. The number of rotatable bonds is 8. The number of nitrogens with two attached hydrogens (primary N) is 2. The quantitative estimate of drug-likeness (QED) is 0.562. The average Bonchev–Trinajstić information content (AvgIpc) is 2.73. The van der Waals surface area contributed by atoms with Crippen LogP contribution in [0.5, 0.6) is 34.5 Å². The van der Waals surface area contributed by atoms with Crippen LogP contribution in [0.2, 0.25) is 0 Å². The molecule has 29 heavy (non-hydrogen) atoms. The third-order valence-electron chi connectivity index (χ3n) is 4.23. The summed E-state index contributed by atoms with van der Waals surface area (Å²) in [5, 5.41) is 2.70. The van der Waals surface area contributed by atoms with E-state index in [-0.39, 0.29) is 45.6 Å². The van der Waals surface area contributed by atoms with Gasteiger partial charge in [-0.3, -0.25) is 4.79 Å². The Balaban J connectivity index is 2.56. The molecule has 10 nitrogen and oxygen atoms in total. The molecule has 2 aromatic carbocycles. The number of hydrogen-bond donors (Lipinski definition) is 3. The normalized spacial score (nSPS) is 10.1. The van der Waals surface area contributed by atoms with Gasteiger partial charge < -0.3 is 45.2 Å². The summed E-state index contributed by atoms with van der Waals surface area (Å²) >= 11 is 0. The molecule has 0 bridgehead atoms. The maximum absolute atomic E-state index is 13.0.